The molecule has 78 valence electrons. The zero-order valence-corrected chi connectivity index (χ0v) is 9.72. The summed E-state index contributed by atoms with van der Waals surface area (Å²) in [6, 6.07) is 3.66. The van der Waals surface area contributed by atoms with E-state index < -0.39 is 6.10 Å². The second-order valence-corrected chi connectivity index (χ2v) is 4.68. The van der Waals surface area contributed by atoms with E-state index in [-0.39, 0.29) is 0 Å². The second kappa shape index (κ2) is 4.31. The summed E-state index contributed by atoms with van der Waals surface area (Å²) in [5.74, 6) is 0. The molecule has 2 heterocycles. The molecule has 0 saturated carbocycles. The Labute approximate surface area is 97.2 Å². The zero-order valence-electron chi connectivity index (χ0n) is 8.14. The van der Waals surface area contributed by atoms with Crippen LogP contribution in [0.15, 0.2) is 29.9 Å². The van der Waals surface area contributed by atoms with Crippen molar-refractivity contribution in [1.29, 1.82) is 0 Å². The lowest BCUT2D eigenvalue weighted by Gasteiger charge is -2.10. The van der Waals surface area contributed by atoms with Crippen LogP contribution in [0.25, 0.3) is 0 Å². The molecular weight excluding hydrogens is 230 g/mol. The van der Waals surface area contributed by atoms with Gasteiger partial charge in [-0.25, -0.2) is 0 Å². The third-order valence-corrected chi connectivity index (χ3v) is 3.56. The van der Waals surface area contributed by atoms with Gasteiger partial charge in [0, 0.05) is 28.2 Å². The smallest absolute Gasteiger partial charge is 0.115 e. The summed E-state index contributed by atoms with van der Waals surface area (Å²) in [6.45, 7) is 1.95. The number of thiophene rings is 1. The van der Waals surface area contributed by atoms with Crippen LogP contribution in [0.3, 0.4) is 0 Å². The SMILES string of the molecule is Cc1ccncc1C(O)c1cc(Cl)cs1. The van der Waals surface area contributed by atoms with Crippen molar-refractivity contribution in [2.45, 2.75) is 13.0 Å². The number of rotatable bonds is 2. The van der Waals surface area contributed by atoms with Crippen molar-refractivity contribution in [2.24, 2.45) is 0 Å². The van der Waals surface area contributed by atoms with E-state index in [2.05, 4.69) is 4.98 Å². The fraction of sp³-hybridized carbons (Fsp3) is 0.182. The van der Waals surface area contributed by atoms with Crippen LogP contribution in [0.5, 0.6) is 0 Å². The van der Waals surface area contributed by atoms with Crippen LogP contribution in [-0.4, -0.2) is 10.1 Å². The monoisotopic (exact) mass is 239 g/mol. The van der Waals surface area contributed by atoms with E-state index in [0.29, 0.717) is 5.02 Å². The number of halogens is 1. The first-order valence-electron chi connectivity index (χ1n) is 4.51. The minimum Gasteiger partial charge on any atom is -0.383 e. The number of hydrogen-bond acceptors (Lipinski definition) is 3. The summed E-state index contributed by atoms with van der Waals surface area (Å²) in [4.78, 5) is 4.85. The molecule has 2 rings (SSSR count). The minimum atomic E-state index is -0.629. The van der Waals surface area contributed by atoms with Crippen LogP contribution in [0.4, 0.5) is 0 Å². The molecule has 1 unspecified atom stereocenters. The molecule has 4 heteroatoms. The van der Waals surface area contributed by atoms with Gasteiger partial charge in [-0.05, 0) is 24.6 Å². The summed E-state index contributed by atoms with van der Waals surface area (Å²) in [5.41, 5.74) is 1.86. The number of aromatic nitrogens is 1. The van der Waals surface area contributed by atoms with Gasteiger partial charge in [0.1, 0.15) is 6.10 Å². The second-order valence-electron chi connectivity index (χ2n) is 3.30. The van der Waals surface area contributed by atoms with Crippen LogP contribution in [0.2, 0.25) is 5.02 Å². The molecule has 0 aliphatic rings. The van der Waals surface area contributed by atoms with Crippen LogP contribution in [0, 0.1) is 6.92 Å². The van der Waals surface area contributed by atoms with Gasteiger partial charge in [-0.3, -0.25) is 4.98 Å². The molecule has 0 bridgehead atoms. The molecule has 2 aromatic rings. The highest BCUT2D eigenvalue weighted by atomic mass is 35.5. The normalized spacial score (nSPS) is 12.7. The lowest BCUT2D eigenvalue weighted by Crippen LogP contribution is -2.00. The van der Waals surface area contributed by atoms with Gasteiger partial charge in [0.25, 0.3) is 0 Å². The van der Waals surface area contributed by atoms with Crippen molar-refractivity contribution in [2.75, 3.05) is 0 Å². The highest BCUT2D eigenvalue weighted by molar-refractivity contribution is 7.10. The number of aliphatic hydroxyl groups excluding tert-OH is 1. The highest BCUT2D eigenvalue weighted by Gasteiger charge is 2.14. The van der Waals surface area contributed by atoms with Gasteiger partial charge in [0.05, 0.1) is 5.02 Å². The molecule has 0 spiro atoms. The fourth-order valence-corrected chi connectivity index (χ4v) is 2.47. The quantitative estimate of drug-likeness (QED) is 0.873. The van der Waals surface area contributed by atoms with Gasteiger partial charge >= 0.3 is 0 Å². The first-order valence-corrected chi connectivity index (χ1v) is 5.77. The molecule has 1 N–H and O–H groups in total. The molecule has 1 atom stereocenters. The van der Waals surface area contributed by atoms with Gasteiger partial charge in [-0.15, -0.1) is 11.3 Å². The van der Waals surface area contributed by atoms with Gasteiger partial charge < -0.3 is 5.11 Å². The third kappa shape index (κ3) is 2.20. The highest BCUT2D eigenvalue weighted by Crippen LogP contribution is 2.30. The Bertz CT molecular complexity index is 469. The predicted octanol–water partition coefficient (Wildman–Crippen LogP) is 3.19. The van der Waals surface area contributed by atoms with Crippen molar-refractivity contribution >= 4 is 22.9 Å². The summed E-state index contributed by atoms with van der Waals surface area (Å²) < 4.78 is 0. The fourth-order valence-electron chi connectivity index (χ4n) is 1.39. The van der Waals surface area contributed by atoms with Crippen molar-refractivity contribution in [1.82, 2.24) is 4.98 Å². The summed E-state index contributed by atoms with van der Waals surface area (Å²) in [6.07, 6.45) is 2.77. The molecule has 2 aromatic heterocycles. The Morgan fingerprint density at radius 3 is 2.93 bits per heavy atom. The summed E-state index contributed by atoms with van der Waals surface area (Å²) >= 11 is 7.27. The van der Waals surface area contributed by atoms with Crippen LogP contribution in [-0.2, 0) is 0 Å². The molecule has 15 heavy (non-hydrogen) atoms. The Morgan fingerprint density at radius 1 is 1.53 bits per heavy atom. The third-order valence-electron chi connectivity index (χ3n) is 2.23. The Kier molecular flexibility index (Phi) is 3.05. The average molecular weight is 240 g/mol. The lowest BCUT2D eigenvalue weighted by molar-refractivity contribution is 0.223. The lowest BCUT2D eigenvalue weighted by atomic mass is 10.1. The van der Waals surface area contributed by atoms with E-state index in [9.17, 15) is 5.11 Å². The first-order chi connectivity index (χ1) is 7.18. The van der Waals surface area contributed by atoms with E-state index in [1.807, 2.05) is 18.4 Å². The van der Waals surface area contributed by atoms with E-state index in [4.69, 9.17) is 11.6 Å². The van der Waals surface area contributed by atoms with Crippen LogP contribution >= 0.6 is 22.9 Å². The number of nitrogens with zero attached hydrogens (tertiary/aromatic N) is 1. The van der Waals surface area contributed by atoms with Gasteiger partial charge in [-0.1, -0.05) is 11.6 Å². The molecule has 0 radical (unpaired) electrons. The van der Waals surface area contributed by atoms with Crippen LogP contribution in [0.1, 0.15) is 22.1 Å². The van der Waals surface area contributed by atoms with Gasteiger partial charge in [-0.2, -0.15) is 0 Å². The van der Waals surface area contributed by atoms with Crippen molar-refractivity contribution in [3.05, 3.63) is 50.9 Å². The topological polar surface area (TPSA) is 33.1 Å². The van der Waals surface area contributed by atoms with Crippen molar-refractivity contribution < 1.29 is 5.11 Å². The average Bonchev–Trinajstić information content (AvgIpc) is 2.65. The van der Waals surface area contributed by atoms with E-state index >= 15 is 0 Å². The Balaban J connectivity index is 2.36. The van der Waals surface area contributed by atoms with E-state index in [1.165, 1.54) is 11.3 Å². The van der Waals surface area contributed by atoms with Crippen molar-refractivity contribution in [3.63, 3.8) is 0 Å². The van der Waals surface area contributed by atoms with Gasteiger partial charge in [0.2, 0.25) is 0 Å². The standard InChI is InChI=1S/C11H10ClNOS/c1-7-2-3-13-5-9(7)11(14)10-4-8(12)6-15-10/h2-6,11,14H,1H3. The zero-order chi connectivity index (χ0) is 10.8. The molecule has 0 amide bonds. The molecule has 0 aliphatic carbocycles. The molecule has 2 nitrogen and oxygen atoms in total. The first kappa shape index (κ1) is 10.6. The minimum absolute atomic E-state index is 0.629. The maximum atomic E-state index is 10.1. The van der Waals surface area contributed by atoms with Gasteiger partial charge in [0.15, 0.2) is 0 Å². The molecule has 0 aromatic carbocycles. The predicted molar refractivity (Wildman–Crippen MR) is 62.4 cm³/mol. The van der Waals surface area contributed by atoms with Crippen LogP contribution < -0.4 is 0 Å². The number of aliphatic hydroxyl groups is 1. The van der Waals surface area contributed by atoms with E-state index in [0.717, 1.165) is 16.0 Å². The van der Waals surface area contributed by atoms with E-state index in [1.54, 1.807) is 18.5 Å². The Hall–Kier alpha value is -0.900. The molecular formula is C11H10ClNOS. The van der Waals surface area contributed by atoms with Crippen molar-refractivity contribution in [3.8, 4) is 0 Å². The number of aryl methyl sites for hydroxylation is 1. The number of hydrogen-bond donors (Lipinski definition) is 1. The largest absolute Gasteiger partial charge is 0.383 e. The molecule has 0 fully saturated rings. The summed E-state index contributed by atoms with van der Waals surface area (Å²) in [7, 11) is 0. The maximum absolute atomic E-state index is 10.1. The summed E-state index contributed by atoms with van der Waals surface area (Å²) in [5, 5.41) is 12.6. The Morgan fingerprint density at radius 2 is 2.33 bits per heavy atom. The number of pyridine rings is 1. The molecule has 0 saturated heterocycles. The molecule has 0 aliphatic heterocycles. The maximum Gasteiger partial charge on any atom is 0.115 e.